The summed E-state index contributed by atoms with van der Waals surface area (Å²) in [4.78, 5) is 12.2. The number of ether oxygens (including phenoxy) is 1. The largest absolute Gasteiger partial charge is 0.494 e. The summed E-state index contributed by atoms with van der Waals surface area (Å²) in [7, 11) is 0. The standard InChI is InChI=1S/C13H15Cl2NO3/c14-11-2-1-10(7-12(11)15)19-6-4-9-3-5-16(8-9)13(17)18/h1-2,7,9H,3-6,8H2,(H,17,18). The number of hydrogen-bond acceptors (Lipinski definition) is 2. The van der Waals surface area contributed by atoms with Crippen LogP contribution in [0, 0.1) is 5.92 Å². The van der Waals surface area contributed by atoms with Gasteiger partial charge in [-0.1, -0.05) is 23.2 Å². The molecule has 2 rings (SSSR count). The normalized spacial score (nSPS) is 18.6. The molecule has 0 spiro atoms. The van der Waals surface area contributed by atoms with Crippen LogP contribution < -0.4 is 4.74 Å². The van der Waals surface area contributed by atoms with E-state index in [-0.39, 0.29) is 0 Å². The van der Waals surface area contributed by atoms with Gasteiger partial charge in [0.1, 0.15) is 5.75 Å². The lowest BCUT2D eigenvalue weighted by molar-refractivity contribution is 0.153. The van der Waals surface area contributed by atoms with Crippen LogP contribution in [0.3, 0.4) is 0 Å². The highest BCUT2D eigenvalue weighted by atomic mass is 35.5. The third-order valence-corrected chi connectivity index (χ3v) is 3.98. The van der Waals surface area contributed by atoms with Crippen LogP contribution in [0.15, 0.2) is 18.2 Å². The molecule has 0 bridgehead atoms. The Morgan fingerprint density at radius 1 is 1.42 bits per heavy atom. The molecule has 1 amide bonds. The molecule has 1 heterocycles. The van der Waals surface area contributed by atoms with Gasteiger partial charge >= 0.3 is 6.09 Å². The van der Waals surface area contributed by atoms with Crippen molar-refractivity contribution in [2.45, 2.75) is 12.8 Å². The second-order valence-electron chi connectivity index (χ2n) is 4.60. The maximum atomic E-state index is 10.8. The molecule has 1 atom stereocenters. The zero-order valence-electron chi connectivity index (χ0n) is 10.3. The van der Waals surface area contributed by atoms with E-state index >= 15 is 0 Å². The van der Waals surface area contributed by atoms with Gasteiger partial charge in [-0.15, -0.1) is 0 Å². The molecule has 104 valence electrons. The van der Waals surface area contributed by atoms with Crippen LogP contribution in [0.4, 0.5) is 4.79 Å². The summed E-state index contributed by atoms with van der Waals surface area (Å²) in [6, 6.07) is 5.15. The van der Waals surface area contributed by atoms with Crippen LogP contribution >= 0.6 is 23.2 Å². The first-order chi connectivity index (χ1) is 9.06. The SMILES string of the molecule is O=C(O)N1CCC(CCOc2ccc(Cl)c(Cl)c2)C1. The lowest BCUT2D eigenvalue weighted by atomic mass is 10.1. The van der Waals surface area contributed by atoms with Crippen molar-refractivity contribution in [3.8, 4) is 5.75 Å². The van der Waals surface area contributed by atoms with Crippen molar-refractivity contribution in [3.63, 3.8) is 0 Å². The van der Waals surface area contributed by atoms with E-state index in [4.69, 9.17) is 33.0 Å². The minimum Gasteiger partial charge on any atom is -0.494 e. The minimum absolute atomic E-state index is 0.374. The molecule has 1 aliphatic rings. The Morgan fingerprint density at radius 3 is 2.84 bits per heavy atom. The molecule has 1 unspecified atom stereocenters. The summed E-state index contributed by atoms with van der Waals surface area (Å²) >= 11 is 11.7. The number of rotatable bonds is 4. The third-order valence-electron chi connectivity index (χ3n) is 3.24. The average Bonchev–Trinajstić information content (AvgIpc) is 2.83. The van der Waals surface area contributed by atoms with E-state index in [1.54, 1.807) is 18.2 Å². The number of amides is 1. The molecule has 0 saturated carbocycles. The maximum Gasteiger partial charge on any atom is 0.407 e. The van der Waals surface area contributed by atoms with Gasteiger partial charge in [0, 0.05) is 19.2 Å². The highest BCUT2D eigenvalue weighted by Crippen LogP contribution is 2.27. The van der Waals surface area contributed by atoms with Crippen molar-refractivity contribution in [2.24, 2.45) is 5.92 Å². The number of benzene rings is 1. The van der Waals surface area contributed by atoms with Crippen molar-refractivity contribution in [1.82, 2.24) is 4.90 Å². The van der Waals surface area contributed by atoms with Gasteiger partial charge in [0.2, 0.25) is 0 Å². The monoisotopic (exact) mass is 303 g/mol. The quantitative estimate of drug-likeness (QED) is 0.921. The number of nitrogens with zero attached hydrogens (tertiary/aromatic N) is 1. The second kappa shape index (κ2) is 6.35. The molecule has 1 aromatic rings. The van der Waals surface area contributed by atoms with E-state index < -0.39 is 6.09 Å². The molecule has 6 heteroatoms. The van der Waals surface area contributed by atoms with Crippen molar-refractivity contribution < 1.29 is 14.6 Å². The molecule has 19 heavy (non-hydrogen) atoms. The average molecular weight is 304 g/mol. The van der Waals surface area contributed by atoms with Gasteiger partial charge < -0.3 is 14.7 Å². The van der Waals surface area contributed by atoms with Gasteiger partial charge in [0.15, 0.2) is 0 Å². The Morgan fingerprint density at radius 2 is 2.21 bits per heavy atom. The van der Waals surface area contributed by atoms with E-state index in [0.717, 1.165) is 12.8 Å². The van der Waals surface area contributed by atoms with E-state index in [9.17, 15) is 4.79 Å². The molecule has 0 aliphatic carbocycles. The van der Waals surface area contributed by atoms with Crippen molar-refractivity contribution in [3.05, 3.63) is 28.2 Å². The van der Waals surface area contributed by atoms with Crippen LogP contribution in [-0.2, 0) is 0 Å². The van der Waals surface area contributed by atoms with Crippen LogP contribution in [-0.4, -0.2) is 35.8 Å². The number of likely N-dealkylation sites (tertiary alicyclic amines) is 1. The Bertz CT molecular complexity index is 467. The van der Waals surface area contributed by atoms with Crippen LogP contribution in [0.1, 0.15) is 12.8 Å². The van der Waals surface area contributed by atoms with E-state index in [0.29, 0.717) is 41.4 Å². The molecule has 1 N–H and O–H groups in total. The Labute approximate surface area is 121 Å². The summed E-state index contributed by atoms with van der Waals surface area (Å²) in [5.41, 5.74) is 0. The summed E-state index contributed by atoms with van der Waals surface area (Å²) in [6.07, 6.45) is 0.897. The fraction of sp³-hybridized carbons (Fsp3) is 0.462. The predicted molar refractivity (Wildman–Crippen MR) is 74.3 cm³/mol. The zero-order chi connectivity index (χ0) is 13.8. The third kappa shape index (κ3) is 3.91. The Kier molecular flexibility index (Phi) is 4.77. The number of halogens is 2. The number of carboxylic acid groups (broad SMARTS) is 1. The summed E-state index contributed by atoms with van der Waals surface area (Å²) < 4.78 is 5.59. The molecular weight excluding hydrogens is 289 g/mol. The maximum absolute atomic E-state index is 10.8. The number of carbonyl (C=O) groups is 1. The molecule has 1 fully saturated rings. The Hall–Kier alpha value is -1.13. The molecule has 1 saturated heterocycles. The second-order valence-corrected chi connectivity index (χ2v) is 5.41. The number of hydrogen-bond donors (Lipinski definition) is 1. The lowest BCUT2D eigenvalue weighted by Crippen LogP contribution is -2.26. The lowest BCUT2D eigenvalue weighted by Gasteiger charge is -2.13. The molecule has 0 radical (unpaired) electrons. The molecular formula is C13H15Cl2NO3. The predicted octanol–water partition coefficient (Wildman–Crippen LogP) is 3.76. The summed E-state index contributed by atoms with van der Waals surface area (Å²) in [5, 5.41) is 9.83. The van der Waals surface area contributed by atoms with Gasteiger partial charge in [-0.2, -0.15) is 0 Å². The molecule has 4 nitrogen and oxygen atoms in total. The van der Waals surface area contributed by atoms with Crippen molar-refractivity contribution in [1.29, 1.82) is 0 Å². The van der Waals surface area contributed by atoms with Gasteiger partial charge in [-0.3, -0.25) is 0 Å². The Balaban J connectivity index is 1.75. The van der Waals surface area contributed by atoms with E-state index in [2.05, 4.69) is 0 Å². The molecule has 1 aliphatic heterocycles. The highest BCUT2D eigenvalue weighted by molar-refractivity contribution is 6.42. The fourth-order valence-electron chi connectivity index (χ4n) is 2.15. The van der Waals surface area contributed by atoms with Gasteiger partial charge in [0.25, 0.3) is 0 Å². The zero-order valence-corrected chi connectivity index (χ0v) is 11.8. The highest BCUT2D eigenvalue weighted by Gasteiger charge is 2.25. The van der Waals surface area contributed by atoms with Crippen molar-refractivity contribution >= 4 is 29.3 Å². The van der Waals surface area contributed by atoms with Crippen molar-refractivity contribution in [2.75, 3.05) is 19.7 Å². The first kappa shape index (κ1) is 14.3. The topological polar surface area (TPSA) is 49.8 Å². The summed E-state index contributed by atoms with van der Waals surface area (Å²) in [5.74, 6) is 1.06. The first-order valence-corrected chi connectivity index (χ1v) is 6.87. The van der Waals surface area contributed by atoms with Crippen LogP contribution in [0.2, 0.25) is 10.0 Å². The van der Waals surface area contributed by atoms with E-state index in [1.165, 1.54) is 4.90 Å². The van der Waals surface area contributed by atoms with E-state index in [1.807, 2.05) is 0 Å². The fourth-order valence-corrected chi connectivity index (χ4v) is 2.44. The summed E-state index contributed by atoms with van der Waals surface area (Å²) in [6.45, 7) is 1.77. The van der Waals surface area contributed by atoms with Gasteiger partial charge in [-0.05, 0) is 30.9 Å². The van der Waals surface area contributed by atoms with Gasteiger partial charge in [0.05, 0.1) is 16.7 Å². The first-order valence-electron chi connectivity index (χ1n) is 6.12. The molecule has 1 aromatic carbocycles. The van der Waals surface area contributed by atoms with Crippen LogP contribution in [0.25, 0.3) is 0 Å². The minimum atomic E-state index is -0.840. The smallest absolute Gasteiger partial charge is 0.407 e. The van der Waals surface area contributed by atoms with Crippen LogP contribution in [0.5, 0.6) is 5.75 Å². The van der Waals surface area contributed by atoms with Gasteiger partial charge in [-0.25, -0.2) is 4.79 Å². The molecule has 0 aromatic heterocycles.